The van der Waals surface area contributed by atoms with Gasteiger partial charge in [-0.15, -0.1) is 0 Å². The number of rotatable bonds is 3. The molecule has 4 nitrogen and oxygen atoms in total. The van der Waals surface area contributed by atoms with E-state index in [1.54, 1.807) is 0 Å². The van der Waals surface area contributed by atoms with Crippen LogP contribution in [-0.2, 0) is 0 Å². The highest BCUT2D eigenvalue weighted by atomic mass is 16.1. The zero-order valence-electron chi connectivity index (χ0n) is 13.3. The predicted molar refractivity (Wildman–Crippen MR) is 97.7 cm³/mol. The molecule has 2 aromatic carbocycles. The van der Waals surface area contributed by atoms with Crippen molar-refractivity contribution in [3.05, 3.63) is 65.9 Å². The van der Waals surface area contributed by atoms with Crippen LogP contribution in [-0.4, -0.2) is 24.0 Å². The number of aromatic amines is 1. The molecule has 0 saturated carbocycles. The number of hydrogen-bond donors (Lipinski definition) is 3. The normalized spacial score (nSPS) is 14.6. The monoisotopic (exact) mass is 317 g/mol. The molecule has 3 aromatic rings. The molecular formula is C20H19N3O. The van der Waals surface area contributed by atoms with Crippen molar-refractivity contribution >= 4 is 22.4 Å². The Morgan fingerprint density at radius 2 is 1.92 bits per heavy atom. The van der Waals surface area contributed by atoms with Gasteiger partial charge in [-0.05, 0) is 41.8 Å². The smallest absolute Gasteiger partial charge is 0.250 e. The minimum atomic E-state index is -0.412. The lowest BCUT2D eigenvalue weighted by molar-refractivity contribution is 0.100. The number of hydrogen-bond acceptors (Lipinski definition) is 2. The molecule has 0 fully saturated rings. The number of nitrogens with one attached hydrogen (secondary N) is 2. The molecule has 4 rings (SSSR count). The summed E-state index contributed by atoms with van der Waals surface area (Å²) in [6.45, 7) is 1.85. The maximum absolute atomic E-state index is 12.0. The van der Waals surface area contributed by atoms with Crippen LogP contribution in [0.2, 0.25) is 0 Å². The molecule has 0 spiro atoms. The Kier molecular flexibility index (Phi) is 3.67. The molecular weight excluding hydrogens is 298 g/mol. The average Bonchev–Trinajstić information content (AvgIpc) is 3.06. The van der Waals surface area contributed by atoms with Gasteiger partial charge in [0, 0.05) is 23.7 Å². The number of carbonyl (C=O) groups is 1. The van der Waals surface area contributed by atoms with E-state index >= 15 is 0 Å². The third-order valence-electron chi connectivity index (χ3n) is 4.57. The van der Waals surface area contributed by atoms with Gasteiger partial charge >= 0.3 is 0 Å². The van der Waals surface area contributed by atoms with Crippen molar-refractivity contribution in [3.8, 4) is 11.1 Å². The number of benzene rings is 2. The number of H-pyrrole nitrogens is 1. The van der Waals surface area contributed by atoms with Crippen LogP contribution < -0.4 is 11.1 Å². The van der Waals surface area contributed by atoms with E-state index in [1.807, 2.05) is 42.6 Å². The molecule has 4 N–H and O–H groups in total. The maximum Gasteiger partial charge on any atom is 0.250 e. The van der Waals surface area contributed by atoms with Crippen LogP contribution in [0.3, 0.4) is 0 Å². The van der Waals surface area contributed by atoms with Crippen LogP contribution >= 0.6 is 0 Å². The molecule has 0 unspecified atom stereocenters. The second-order valence-electron chi connectivity index (χ2n) is 6.06. The number of amides is 1. The molecule has 2 heterocycles. The fraction of sp³-hybridized carbons (Fsp3) is 0.150. The van der Waals surface area contributed by atoms with Gasteiger partial charge in [-0.25, -0.2) is 0 Å². The van der Waals surface area contributed by atoms with Crippen molar-refractivity contribution in [1.29, 1.82) is 0 Å². The lowest BCUT2D eigenvalue weighted by Crippen LogP contribution is -2.19. The van der Waals surface area contributed by atoms with Crippen LogP contribution in [0.1, 0.15) is 22.3 Å². The van der Waals surface area contributed by atoms with Crippen LogP contribution in [0, 0.1) is 0 Å². The predicted octanol–water partition coefficient (Wildman–Crippen LogP) is 3.31. The van der Waals surface area contributed by atoms with Gasteiger partial charge in [-0.2, -0.15) is 0 Å². The lowest BCUT2D eigenvalue weighted by Gasteiger charge is -2.14. The quantitative estimate of drug-likeness (QED) is 0.693. The minimum Gasteiger partial charge on any atom is -0.366 e. The van der Waals surface area contributed by atoms with Crippen molar-refractivity contribution in [2.24, 2.45) is 5.73 Å². The molecule has 0 saturated heterocycles. The Morgan fingerprint density at radius 3 is 2.62 bits per heavy atom. The molecule has 0 bridgehead atoms. The van der Waals surface area contributed by atoms with Crippen molar-refractivity contribution in [2.45, 2.75) is 6.42 Å². The Hall–Kier alpha value is -2.85. The maximum atomic E-state index is 12.0. The number of carbonyl (C=O) groups excluding carboxylic acids is 1. The molecule has 1 aliphatic rings. The largest absolute Gasteiger partial charge is 0.366 e. The zero-order valence-corrected chi connectivity index (χ0v) is 13.3. The topological polar surface area (TPSA) is 70.9 Å². The van der Waals surface area contributed by atoms with Crippen LogP contribution in [0.25, 0.3) is 27.6 Å². The van der Waals surface area contributed by atoms with Crippen molar-refractivity contribution < 1.29 is 4.79 Å². The first-order valence-corrected chi connectivity index (χ1v) is 8.14. The molecule has 24 heavy (non-hydrogen) atoms. The fourth-order valence-corrected chi connectivity index (χ4v) is 3.36. The SMILES string of the molecule is NC(=O)c1cc(-c2ccccc2)cc2c(C3=CCNCC3)c[nH]c12. The molecule has 0 atom stereocenters. The Morgan fingerprint density at radius 1 is 1.08 bits per heavy atom. The van der Waals surface area contributed by atoms with Crippen LogP contribution in [0.5, 0.6) is 0 Å². The Labute approximate surface area is 140 Å². The van der Waals surface area contributed by atoms with Gasteiger partial charge < -0.3 is 16.0 Å². The van der Waals surface area contributed by atoms with E-state index in [0.29, 0.717) is 5.56 Å². The van der Waals surface area contributed by atoms with Crippen LogP contribution in [0.15, 0.2) is 54.7 Å². The summed E-state index contributed by atoms with van der Waals surface area (Å²) in [6.07, 6.45) is 5.18. The van der Waals surface area contributed by atoms with E-state index in [9.17, 15) is 4.79 Å². The summed E-state index contributed by atoms with van der Waals surface area (Å²) >= 11 is 0. The molecule has 1 amide bonds. The molecule has 120 valence electrons. The van der Waals surface area contributed by atoms with E-state index < -0.39 is 5.91 Å². The van der Waals surface area contributed by atoms with Crippen molar-refractivity contribution in [3.63, 3.8) is 0 Å². The molecule has 0 aliphatic carbocycles. The van der Waals surface area contributed by atoms with E-state index in [2.05, 4.69) is 22.4 Å². The first kappa shape index (κ1) is 14.7. The van der Waals surface area contributed by atoms with Gasteiger partial charge in [0.2, 0.25) is 0 Å². The number of fused-ring (bicyclic) bond motifs is 1. The third kappa shape index (κ3) is 2.51. The van der Waals surface area contributed by atoms with E-state index in [1.165, 1.54) is 5.57 Å². The molecule has 1 aromatic heterocycles. The summed E-state index contributed by atoms with van der Waals surface area (Å²) in [5, 5.41) is 4.38. The first-order chi connectivity index (χ1) is 11.7. The highest BCUT2D eigenvalue weighted by Crippen LogP contribution is 2.33. The van der Waals surface area contributed by atoms with E-state index in [0.717, 1.165) is 47.1 Å². The summed E-state index contributed by atoms with van der Waals surface area (Å²) < 4.78 is 0. The molecule has 1 aliphatic heterocycles. The summed E-state index contributed by atoms with van der Waals surface area (Å²) in [6, 6.07) is 14.1. The Balaban J connectivity index is 1.96. The summed E-state index contributed by atoms with van der Waals surface area (Å²) in [5.41, 5.74) is 11.5. The zero-order chi connectivity index (χ0) is 16.5. The van der Waals surface area contributed by atoms with Gasteiger partial charge in [0.05, 0.1) is 11.1 Å². The van der Waals surface area contributed by atoms with Gasteiger partial charge in [-0.3, -0.25) is 4.79 Å². The third-order valence-corrected chi connectivity index (χ3v) is 4.57. The highest BCUT2D eigenvalue weighted by molar-refractivity contribution is 6.09. The lowest BCUT2D eigenvalue weighted by atomic mass is 9.95. The summed E-state index contributed by atoms with van der Waals surface area (Å²) in [5.74, 6) is -0.412. The van der Waals surface area contributed by atoms with Gasteiger partial charge in [0.25, 0.3) is 5.91 Å². The summed E-state index contributed by atoms with van der Waals surface area (Å²) in [4.78, 5) is 15.2. The van der Waals surface area contributed by atoms with Gasteiger partial charge in [0.15, 0.2) is 0 Å². The highest BCUT2D eigenvalue weighted by Gasteiger charge is 2.17. The fourth-order valence-electron chi connectivity index (χ4n) is 3.36. The Bertz CT molecular complexity index is 938. The van der Waals surface area contributed by atoms with Crippen LogP contribution in [0.4, 0.5) is 0 Å². The molecule has 0 radical (unpaired) electrons. The van der Waals surface area contributed by atoms with Gasteiger partial charge in [0.1, 0.15) is 0 Å². The number of aromatic nitrogens is 1. The second-order valence-corrected chi connectivity index (χ2v) is 6.06. The van der Waals surface area contributed by atoms with Crippen molar-refractivity contribution in [1.82, 2.24) is 10.3 Å². The van der Waals surface area contributed by atoms with Crippen molar-refractivity contribution in [2.75, 3.05) is 13.1 Å². The minimum absolute atomic E-state index is 0.412. The van der Waals surface area contributed by atoms with Gasteiger partial charge in [-0.1, -0.05) is 36.4 Å². The number of nitrogens with two attached hydrogens (primary N) is 1. The first-order valence-electron chi connectivity index (χ1n) is 8.14. The standard InChI is InChI=1S/C20H19N3O/c21-20(24)17-11-15(13-4-2-1-3-5-13)10-16-18(12-23-19(16)17)14-6-8-22-9-7-14/h1-6,10-12,22-23H,7-9H2,(H2,21,24). The van der Waals surface area contributed by atoms with E-state index in [-0.39, 0.29) is 0 Å². The van der Waals surface area contributed by atoms with E-state index in [4.69, 9.17) is 5.73 Å². The average molecular weight is 317 g/mol. The number of primary amides is 1. The summed E-state index contributed by atoms with van der Waals surface area (Å²) in [7, 11) is 0. The second kappa shape index (κ2) is 5.98. The molecule has 4 heteroatoms.